The van der Waals surface area contributed by atoms with Gasteiger partial charge in [-0.25, -0.2) is 0 Å². The fraction of sp³-hybridized carbons (Fsp3) is 0.304. The third-order valence-electron chi connectivity index (χ3n) is 5.33. The molecule has 0 unspecified atom stereocenters. The van der Waals surface area contributed by atoms with E-state index in [4.69, 9.17) is 13.9 Å². The average molecular weight is 408 g/mol. The van der Waals surface area contributed by atoms with Crippen LogP contribution in [0.1, 0.15) is 16.1 Å². The molecule has 2 heterocycles. The van der Waals surface area contributed by atoms with Crippen molar-refractivity contribution in [3.05, 3.63) is 64.0 Å². The summed E-state index contributed by atoms with van der Waals surface area (Å²) in [6.07, 6.45) is 0. The third-order valence-corrected chi connectivity index (χ3v) is 5.33. The van der Waals surface area contributed by atoms with Gasteiger partial charge in [-0.3, -0.25) is 9.59 Å². The van der Waals surface area contributed by atoms with E-state index in [9.17, 15) is 9.59 Å². The molecule has 30 heavy (non-hydrogen) atoms. The summed E-state index contributed by atoms with van der Waals surface area (Å²) >= 11 is 0. The van der Waals surface area contributed by atoms with Crippen LogP contribution >= 0.6 is 0 Å². The van der Waals surface area contributed by atoms with Crippen LogP contribution in [0.3, 0.4) is 0 Å². The molecule has 2 aromatic carbocycles. The molecule has 0 saturated carbocycles. The monoisotopic (exact) mass is 408 g/mol. The number of rotatable bonds is 4. The second-order valence-electron chi connectivity index (χ2n) is 7.40. The molecule has 0 bridgehead atoms. The lowest BCUT2D eigenvalue weighted by Gasteiger charge is -2.32. The number of hydrogen-bond acceptors (Lipinski definition) is 6. The number of methoxy groups -OCH3 is 1. The number of ether oxygens (including phenoxy) is 2. The quantitative estimate of drug-likeness (QED) is 0.660. The van der Waals surface area contributed by atoms with Gasteiger partial charge in [0, 0.05) is 37.8 Å². The Morgan fingerprint density at radius 2 is 1.67 bits per heavy atom. The van der Waals surface area contributed by atoms with Crippen molar-refractivity contribution in [3.63, 3.8) is 0 Å². The Balaban J connectivity index is 1.55. The molecule has 3 aromatic rings. The van der Waals surface area contributed by atoms with Gasteiger partial charge in [0.2, 0.25) is 11.2 Å². The molecule has 0 spiro atoms. The Bertz CT molecular complexity index is 1130. The number of amides is 1. The molecule has 1 amide bonds. The maximum atomic E-state index is 12.9. The Morgan fingerprint density at radius 3 is 2.33 bits per heavy atom. The first-order chi connectivity index (χ1) is 14.5. The first kappa shape index (κ1) is 20.0. The maximum absolute atomic E-state index is 12.9. The number of fused-ring (bicyclic) bond motifs is 1. The summed E-state index contributed by atoms with van der Waals surface area (Å²) in [5.74, 6) is 1.58. The normalized spacial score (nSPS) is 14.7. The number of likely N-dealkylation sites (N-methyl/N-ethyl adjacent to an activating group) is 1. The van der Waals surface area contributed by atoms with Gasteiger partial charge in [-0.1, -0.05) is 0 Å². The van der Waals surface area contributed by atoms with Crippen molar-refractivity contribution in [3.8, 4) is 17.2 Å². The predicted octanol–water partition coefficient (Wildman–Crippen LogP) is 3.29. The second-order valence-corrected chi connectivity index (χ2v) is 7.40. The van der Waals surface area contributed by atoms with E-state index >= 15 is 0 Å². The summed E-state index contributed by atoms with van der Waals surface area (Å²) in [7, 11) is 3.61. The van der Waals surface area contributed by atoms with Gasteiger partial charge in [0.25, 0.3) is 5.91 Å². The standard InChI is InChI=1S/C23H24N2O5/c1-15-22(21(26)19-9-8-18(28-3)14-20(19)29-15)30-17-6-4-16(5-7-17)23(27)25-12-10-24(2)11-13-25/h4-9,14H,10-13H2,1-3H3. The van der Waals surface area contributed by atoms with E-state index < -0.39 is 0 Å². The molecule has 156 valence electrons. The van der Waals surface area contributed by atoms with Crippen LogP contribution in [0.2, 0.25) is 0 Å². The van der Waals surface area contributed by atoms with Crippen LogP contribution < -0.4 is 14.9 Å². The zero-order chi connectivity index (χ0) is 21.3. The zero-order valence-electron chi connectivity index (χ0n) is 17.3. The van der Waals surface area contributed by atoms with Crippen molar-refractivity contribution in [1.29, 1.82) is 0 Å². The number of piperazine rings is 1. The van der Waals surface area contributed by atoms with Gasteiger partial charge in [0.15, 0.2) is 0 Å². The van der Waals surface area contributed by atoms with E-state index in [1.807, 2.05) is 4.90 Å². The average Bonchev–Trinajstić information content (AvgIpc) is 2.76. The van der Waals surface area contributed by atoms with E-state index in [-0.39, 0.29) is 17.1 Å². The topological polar surface area (TPSA) is 72.2 Å². The van der Waals surface area contributed by atoms with Crippen LogP contribution in [-0.4, -0.2) is 56.0 Å². The van der Waals surface area contributed by atoms with E-state index in [0.717, 1.165) is 26.2 Å². The molecular weight excluding hydrogens is 384 g/mol. The molecule has 4 rings (SSSR count). The van der Waals surface area contributed by atoms with Crippen molar-refractivity contribution >= 4 is 16.9 Å². The molecule has 0 radical (unpaired) electrons. The number of benzene rings is 2. The minimum atomic E-state index is -0.256. The van der Waals surface area contributed by atoms with E-state index in [2.05, 4.69) is 11.9 Å². The van der Waals surface area contributed by atoms with Gasteiger partial charge in [-0.05, 0) is 50.4 Å². The first-order valence-corrected chi connectivity index (χ1v) is 9.83. The molecule has 7 heteroatoms. The highest BCUT2D eigenvalue weighted by Crippen LogP contribution is 2.27. The minimum absolute atomic E-state index is 0.00463. The smallest absolute Gasteiger partial charge is 0.253 e. The van der Waals surface area contributed by atoms with Gasteiger partial charge >= 0.3 is 0 Å². The fourth-order valence-corrected chi connectivity index (χ4v) is 3.49. The van der Waals surface area contributed by atoms with E-state index in [1.54, 1.807) is 56.5 Å². The lowest BCUT2D eigenvalue weighted by Crippen LogP contribution is -2.47. The van der Waals surface area contributed by atoms with Gasteiger partial charge in [0.1, 0.15) is 22.8 Å². The van der Waals surface area contributed by atoms with Crippen LogP contribution in [0.25, 0.3) is 11.0 Å². The highest BCUT2D eigenvalue weighted by molar-refractivity contribution is 5.94. The lowest BCUT2D eigenvalue weighted by atomic mass is 10.1. The summed E-state index contributed by atoms with van der Waals surface area (Å²) in [4.78, 5) is 29.6. The van der Waals surface area contributed by atoms with E-state index in [0.29, 0.717) is 33.8 Å². The minimum Gasteiger partial charge on any atom is -0.497 e. The van der Waals surface area contributed by atoms with Crippen molar-refractivity contribution in [2.24, 2.45) is 0 Å². The highest BCUT2D eigenvalue weighted by atomic mass is 16.5. The fourth-order valence-electron chi connectivity index (χ4n) is 3.49. The third kappa shape index (κ3) is 3.89. The molecule has 1 aliphatic rings. The van der Waals surface area contributed by atoms with E-state index in [1.165, 1.54) is 0 Å². The molecule has 1 aliphatic heterocycles. The van der Waals surface area contributed by atoms with Gasteiger partial charge in [-0.15, -0.1) is 0 Å². The molecule has 0 atom stereocenters. The Kier molecular flexibility index (Phi) is 5.46. The highest BCUT2D eigenvalue weighted by Gasteiger charge is 2.20. The number of hydrogen-bond donors (Lipinski definition) is 0. The van der Waals surface area contributed by atoms with Crippen molar-refractivity contribution in [1.82, 2.24) is 9.80 Å². The van der Waals surface area contributed by atoms with Crippen LogP contribution in [0.15, 0.2) is 51.7 Å². The summed E-state index contributed by atoms with van der Waals surface area (Å²) in [6.45, 7) is 4.86. The Morgan fingerprint density at radius 1 is 1.00 bits per heavy atom. The largest absolute Gasteiger partial charge is 0.497 e. The SMILES string of the molecule is COc1ccc2c(=O)c(Oc3ccc(C(=O)N4CCN(C)CC4)cc3)c(C)oc2c1. The zero-order valence-corrected chi connectivity index (χ0v) is 17.3. The van der Waals surface area contributed by atoms with Gasteiger partial charge in [-0.2, -0.15) is 0 Å². The number of aryl methyl sites for hydroxylation is 1. The van der Waals surface area contributed by atoms with Crippen molar-refractivity contribution in [2.75, 3.05) is 40.3 Å². The van der Waals surface area contributed by atoms with Crippen LogP contribution in [0, 0.1) is 6.92 Å². The summed E-state index contributed by atoms with van der Waals surface area (Å²) in [6, 6.07) is 11.9. The predicted molar refractivity (Wildman–Crippen MR) is 114 cm³/mol. The summed E-state index contributed by atoms with van der Waals surface area (Å²) < 4.78 is 16.8. The molecule has 1 aromatic heterocycles. The van der Waals surface area contributed by atoms with Gasteiger partial charge in [0.05, 0.1) is 12.5 Å². The Hall–Kier alpha value is -3.32. The number of nitrogens with zero attached hydrogens (tertiary/aromatic N) is 2. The maximum Gasteiger partial charge on any atom is 0.253 e. The van der Waals surface area contributed by atoms with Crippen LogP contribution in [0.4, 0.5) is 0 Å². The van der Waals surface area contributed by atoms with Crippen molar-refractivity contribution < 1.29 is 18.7 Å². The molecular formula is C23H24N2O5. The molecule has 0 N–H and O–H groups in total. The van der Waals surface area contributed by atoms with Crippen LogP contribution in [0.5, 0.6) is 17.2 Å². The molecule has 0 aliphatic carbocycles. The second kappa shape index (κ2) is 8.20. The Labute approximate surface area is 174 Å². The van der Waals surface area contributed by atoms with Crippen molar-refractivity contribution in [2.45, 2.75) is 6.92 Å². The molecule has 1 fully saturated rings. The first-order valence-electron chi connectivity index (χ1n) is 9.83. The van der Waals surface area contributed by atoms with Gasteiger partial charge < -0.3 is 23.7 Å². The summed E-state index contributed by atoms with van der Waals surface area (Å²) in [5.41, 5.74) is 0.785. The molecule has 1 saturated heterocycles. The molecule has 7 nitrogen and oxygen atoms in total. The lowest BCUT2D eigenvalue weighted by molar-refractivity contribution is 0.0664. The number of carbonyl (C=O) groups is 1. The van der Waals surface area contributed by atoms with Crippen LogP contribution in [-0.2, 0) is 0 Å². The summed E-state index contributed by atoms with van der Waals surface area (Å²) in [5, 5.41) is 0.415. The number of carbonyl (C=O) groups excluding carboxylic acids is 1.